The van der Waals surface area contributed by atoms with Gasteiger partial charge in [-0.2, -0.15) is 4.31 Å². The minimum Gasteiger partial charge on any atom is -0.466 e. The van der Waals surface area contributed by atoms with Crippen LogP contribution < -0.4 is 5.32 Å². The van der Waals surface area contributed by atoms with Crippen molar-refractivity contribution in [1.82, 2.24) is 4.31 Å². The summed E-state index contributed by atoms with van der Waals surface area (Å²) in [5.41, 5.74) is 2.39. The van der Waals surface area contributed by atoms with Gasteiger partial charge in [0, 0.05) is 18.8 Å². The molecule has 0 aliphatic carbocycles. The molecule has 0 aromatic heterocycles. The number of piperidine rings is 1. The van der Waals surface area contributed by atoms with E-state index in [0.717, 1.165) is 11.1 Å². The van der Waals surface area contributed by atoms with Crippen molar-refractivity contribution in [3.05, 3.63) is 59.7 Å². The fourth-order valence-electron chi connectivity index (χ4n) is 3.56. The Kier molecular flexibility index (Phi) is 7.46. The standard InChI is InChI=1S/C23H28N2O5S/c1-3-30-22(26)15-18-8-10-20(11-9-18)24-23(27)19-5-4-14-25(16-19)31(28,29)21-12-6-17(2)7-13-21/h6-13,19H,3-5,14-16H2,1-2H3,(H,24,27)/t19-/m1/s1. The van der Waals surface area contributed by atoms with Crippen LogP contribution in [0.3, 0.4) is 0 Å². The number of aryl methyl sites for hydroxylation is 1. The van der Waals surface area contributed by atoms with E-state index in [-0.39, 0.29) is 29.7 Å². The third kappa shape index (κ3) is 5.92. The topological polar surface area (TPSA) is 92.8 Å². The third-order valence-corrected chi connectivity index (χ3v) is 7.17. The zero-order valence-corrected chi connectivity index (χ0v) is 18.7. The van der Waals surface area contributed by atoms with Crippen molar-refractivity contribution in [2.75, 3.05) is 25.0 Å². The number of hydrogen-bond donors (Lipinski definition) is 1. The molecule has 31 heavy (non-hydrogen) atoms. The molecule has 0 saturated carbocycles. The van der Waals surface area contributed by atoms with E-state index in [1.165, 1.54) is 4.31 Å². The van der Waals surface area contributed by atoms with Crippen molar-refractivity contribution < 1.29 is 22.7 Å². The molecule has 7 nitrogen and oxygen atoms in total. The van der Waals surface area contributed by atoms with E-state index in [2.05, 4.69) is 5.32 Å². The second-order valence-electron chi connectivity index (χ2n) is 7.68. The lowest BCUT2D eigenvalue weighted by atomic mass is 9.98. The lowest BCUT2D eigenvalue weighted by molar-refractivity contribution is -0.142. The maximum atomic E-state index is 13.0. The Morgan fingerprint density at radius 2 is 1.77 bits per heavy atom. The van der Waals surface area contributed by atoms with Crippen LogP contribution in [-0.2, 0) is 30.8 Å². The number of amides is 1. The first kappa shape index (κ1) is 23.0. The number of carbonyl (C=O) groups excluding carboxylic acids is 2. The summed E-state index contributed by atoms with van der Waals surface area (Å²) in [5.74, 6) is -0.925. The Hall–Kier alpha value is -2.71. The van der Waals surface area contributed by atoms with E-state index < -0.39 is 15.9 Å². The summed E-state index contributed by atoms with van der Waals surface area (Å²) in [6, 6.07) is 13.7. The molecule has 1 amide bonds. The Bertz CT molecular complexity index is 1020. The zero-order chi connectivity index (χ0) is 22.4. The highest BCUT2D eigenvalue weighted by molar-refractivity contribution is 7.89. The lowest BCUT2D eigenvalue weighted by Crippen LogP contribution is -2.43. The molecule has 1 aliphatic rings. The van der Waals surface area contributed by atoms with Crippen molar-refractivity contribution in [2.45, 2.75) is 38.0 Å². The molecule has 0 bridgehead atoms. The largest absolute Gasteiger partial charge is 0.466 e. The molecule has 1 fully saturated rings. The fourth-order valence-corrected chi connectivity index (χ4v) is 5.09. The predicted molar refractivity (Wildman–Crippen MR) is 118 cm³/mol. The molecule has 2 aromatic carbocycles. The molecule has 0 spiro atoms. The fraction of sp³-hybridized carbons (Fsp3) is 0.391. The Labute approximate surface area is 183 Å². The van der Waals surface area contributed by atoms with Crippen LogP contribution in [0.1, 0.15) is 30.9 Å². The summed E-state index contributed by atoms with van der Waals surface area (Å²) in [6.45, 7) is 4.56. The summed E-state index contributed by atoms with van der Waals surface area (Å²) >= 11 is 0. The van der Waals surface area contributed by atoms with Crippen LogP contribution >= 0.6 is 0 Å². The summed E-state index contributed by atoms with van der Waals surface area (Å²) in [4.78, 5) is 24.6. The summed E-state index contributed by atoms with van der Waals surface area (Å²) in [7, 11) is -3.63. The number of benzene rings is 2. The lowest BCUT2D eigenvalue weighted by Gasteiger charge is -2.31. The van der Waals surface area contributed by atoms with Crippen molar-refractivity contribution >= 4 is 27.6 Å². The van der Waals surface area contributed by atoms with Gasteiger partial charge in [-0.3, -0.25) is 9.59 Å². The number of rotatable bonds is 7. The second-order valence-corrected chi connectivity index (χ2v) is 9.62. The van der Waals surface area contributed by atoms with Crippen LogP contribution in [0.15, 0.2) is 53.4 Å². The third-order valence-electron chi connectivity index (χ3n) is 5.29. The highest BCUT2D eigenvalue weighted by Gasteiger charge is 2.33. The van der Waals surface area contributed by atoms with Gasteiger partial charge in [0.15, 0.2) is 0 Å². The first-order chi connectivity index (χ1) is 14.8. The Balaban J connectivity index is 1.62. The van der Waals surface area contributed by atoms with Crippen LogP contribution in [0.5, 0.6) is 0 Å². The molecule has 1 saturated heterocycles. The molecular formula is C23H28N2O5S. The van der Waals surface area contributed by atoms with E-state index in [9.17, 15) is 18.0 Å². The maximum Gasteiger partial charge on any atom is 0.310 e. The van der Waals surface area contributed by atoms with Crippen molar-refractivity contribution in [2.24, 2.45) is 5.92 Å². The van der Waals surface area contributed by atoms with Gasteiger partial charge in [0.25, 0.3) is 0 Å². The first-order valence-electron chi connectivity index (χ1n) is 10.4. The molecule has 1 N–H and O–H groups in total. The van der Waals surface area contributed by atoms with Gasteiger partial charge in [-0.25, -0.2) is 8.42 Å². The van der Waals surface area contributed by atoms with Crippen LogP contribution in [0, 0.1) is 12.8 Å². The highest BCUT2D eigenvalue weighted by Crippen LogP contribution is 2.25. The minimum absolute atomic E-state index is 0.156. The number of esters is 1. The van der Waals surface area contributed by atoms with E-state index >= 15 is 0 Å². The van der Waals surface area contributed by atoms with Gasteiger partial charge < -0.3 is 10.1 Å². The summed E-state index contributed by atoms with van der Waals surface area (Å²) in [6.07, 6.45) is 1.44. The predicted octanol–water partition coefficient (Wildman–Crippen LogP) is 3.14. The maximum absolute atomic E-state index is 13.0. The average molecular weight is 445 g/mol. The van der Waals surface area contributed by atoms with Crippen molar-refractivity contribution in [1.29, 1.82) is 0 Å². The van der Waals surface area contributed by atoms with Gasteiger partial charge in [-0.15, -0.1) is 0 Å². The highest BCUT2D eigenvalue weighted by atomic mass is 32.2. The number of nitrogens with zero attached hydrogens (tertiary/aromatic N) is 1. The molecule has 8 heteroatoms. The van der Waals surface area contributed by atoms with Gasteiger partial charge in [0.2, 0.25) is 15.9 Å². The van der Waals surface area contributed by atoms with Gasteiger partial charge >= 0.3 is 5.97 Å². The van der Waals surface area contributed by atoms with E-state index in [1.807, 2.05) is 6.92 Å². The van der Waals surface area contributed by atoms with E-state index in [0.29, 0.717) is 31.7 Å². The summed E-state index contributed by atoms with van der Waals surface area (Å²) in [5, 5.41) is 2.86. The van der Waals surface area contributed by atoms with E-state index in [1.54, 1.807) is 55.5 Å². The quantitative estimate of drug-likeness (QED) is 0.663. The number of carbonyl (C=O) groups is 2. The van der Waals surface area contributed by atoms with Crippen LogP contribution in [0.4, 0.5) is 5.69 Å². The molecule has 1 aliphatic heterocycles. The summed E-state index contributed by atoms with van der Waals surface area (Å²) < 4.78 is 32.2. The number of sulfonamides is 1. The molecule has 1 heterocycles. The molecule has 2 aromatic rings. The molecule has 1 atom stereocenters. The average Bonchev–Trinajstić information content (AvgIpc) is 2.75. The smallest absolute Gasteiger partial charge is 0.310 e. The van der Waals surface area contributed by atoms with Crippen LogP contribution in [0.2, 0.25) is 0 Å². The SMILES string of the molecule is CCOC(=O)Cc1ccc(NC(=O)[C@@H]2CCCN(S(=O)(=O)c3ccc(C)cc3)C2)cc1. The van der Waals surface area contributed by atoms with Crippen LogP contribution in [-0.4, -0.2) is 44.3 Å². The minimum atomic E-state index is -3.63. The molecule has 166 valence electrons. The monoisotopic (exact) mass is 444 g/mol. The van der Waals surface area contributed by atoms with Gasteiger partial charge in [-0.1, -0.05) is 29.8 Å². The Morgan fingerprint density at radius 3 is 2.42 bits per heavy atom. The number of anilines is 1. The molecule has 0 unspecified atom stereocenters. The molecular weight excluding hydrogens is 416 g/mol. The Morgan fingerprint density at radius 1 is 1.10 bits per heavy atom. The number of hydrogen-bond acceptors (Lipinski definition) is 5. The van der Waals surface area contributed by atoms with Crippen LogP contribution in [0.25, 0.3) is 0 Å². The molecule has 3 rings (SSSR count). The molecule has 0 radical (unpaired) electrons. The van der Waals surface area contributed by atoms with Crippen molar-refractivity contribution in [3.63, 3.8) is 0 Å². The second kappa shape index (κ2) is 10.1. The van der Waals surface area contributed by atoms with Gasteiger partial charge in [-0.05, 0) is 56.5 Å². The van der Waals surface area contributed by atoms with Crippen molar-refractivity contribution in [3.8, 4) is 0 Å². The zero-order valence-electron chi connectivity index (χ0n) is 17.8. The van der Waals surface area contributed by atoms with Gasteiger partial charge in [0.1, 0.15) is 0 Å². The normalized spacial score (nSPS) is 17.2. The number of nitrogens with one attached hydrogen (secondary N) is 1. The van der Waals surface area contributed by atoms with Gasteiger partial charge in [0.05, 0.1) is 23.8 Å². The first-order valence-corrected chi connectivity index (χ1v) is 11.9. The number of ether oxygens (including phenoxy) is 1. The van der Waals surface area contributed by atoms with E-state index in [4.69, 9.17) is 4.74 Å².